The Morgan fingerprint density at radius 3 is 2.65 bits per heavy atom. The van der Waals surface area contributed by atoms with Crippen molar-refractivity contribution in [3.05, 3.63) is 83.3 Å². The molecule has 0 saturated carbocycles. The summed E-state index contributed by atoms with van der Waals surface area (Å²) in [6, 6.07) is 17.4. The SMILES string of the molecule is CC1Cc2ccccc2N1Cc1occc1C(=O)NNC(=O)c1cccc(N(C)C)c1. The van der Waals surface area contributed by atoms with Gasteiger partial charge in [0.25, 0.3) is 11.8 Å². The summed E-state index contributed by atoms with van der Waals surface area (Å²) in [5.74, 6) is -0.241. The zero-order chi connectivity index (χ0) is 22.0. The number of furan rings is 1. The van der Waals surface area contributed by atoms with Gasteiger partial charge in [0, 0.05) is 37.1 Å². The zero-order valence-corrected chi connectivity index (χ0v) is 17.9. The highest BCUT2D eigenvalue weighted by Crippen LogP contribution is 2.33. The van der Waals surface area contributed by atoms with Crippen molar-refractivity contribution in [2.24, 2.45) is 0 Å². The lowest BCUT2D eigenvalue weighted by Gasteiger charge is -2.24. The number of nitrogens with zero attached hydrogens (tertiary/aromatic N) is 2. The van der Waals surface area contributed by atoms with E-state index in [0.29, 0.717) is 29.5 Å². The molecule has 2 aromatic carbocycles. The number of amides is 2. The third kappa shape index (κ3) is 4.26. The first-order chi connectivity index (χ1) is 14.9. The minimum absolute atomic E-state index is 0.307. The molecular formula is C24H26N4O3. The molecule has 2 heterocycles. The molecule has 0 aliphatic carbocycles. The van der Waals surface area contributed by atoms with Crippen LogP contribution in [0.2, 0.25) is 0 Å². The highest BCUT2D eigenvalue weighted by Gasteiger charge is 2.28. The van der Waals surface area contributed by atoms with E-state index >= 15 is 0 Å². The van der Waals surface area contributed by atoms with Crippen molar-refractivity contribution in [1.29, 1.82) is 0 Å². The van der Waals surface area contributed by atoms with Crippen molar-refractivity contribution in [3.63, 3.8) is 0 Å². The summed E-state index contributed by atoms with van der Waals surface area (Å²) in [4.78, 5) is 29.3. The van der Waals surface area contributed by atoms with Crippen molar-refractivity contribution < 1.29 is 14.0 Å². The number of anilines is 2. The average Bonchev–Trinajstić information content (AvgIpc) is 3.36. The van der Waals surface area contributed by atoms with Crippen LogP contribution in [0.3, 0.4) is 0 Å². The maximum absolute atomic E-state index is 12.7. The molecule has 1 aliphatic rings. The van der Waals surface area contributed by atoms with Crippen LogP contribution in [-0.4, -0.2) is 32.0 Å². The third-order valence-electron chi connectivity index (χ3n) is 5.57. The fraction of sp³-hybridized carbons (Fsp3) is 0.250. The summed E-state index contributed by atoms with van der Waals surface area (Å²) in [7, 11) is 3.80. The lowest BCUT2D eigenvalue weighted by Crippen LogP contribution is -2.42. The highest BCUT2D eigenvalue weighted by atomic mass is 16.3. The predicted molar refractivity (Wildman–Crippen MR) is 120 cm³/mol. The summed E-state index contributed by atoms with van der Waals surface area (Å²) >= 11 is 0. The molecule has 0 spiro atoms. The number of hydrogen-bond donors (Lipinski definition) is 2. The van der Waals surface area contributed by atoms with Gasteiger partial charge in [-0.3, -0.25) is 20.4 Å². The molecule has 0 saturated heterocycles. The molecule has 1 aromatic heterocycles. The Balaban J connectivity index is 1.42. The standard InChI is InChI=1S/C24H26N4O3/c1-16-13-17-7-4-5-10-21(17)28(16)15-22-20(11-12-31-22)24(30)26-25-23(29)18-8-6-9-19(14-18)27(2)3/h4-12,14,16H,13,15H2,1-3H3,(H,25,29)(H,26,30). The van der Waals surface area contributed by atoms with Gasteiger partial charge >= 0.3 is 0 Å². The van der Waals surface area contributed by atoms with Crippen LogP contribution in [0.5, 0.6) is 0 Å². The lowest BCUT2D eigenvalue weighted by molar-refractivity contribution is 0.0845. The molecule has 3 aromatic rings. The molecule has 1 atom stereocenters. The second-order valence-electron chi connectivity index (χ2n) is 7.92. The smallest absolute Gasteiger partial charge is 0.273 e. The molecule has 160 valence electrons. The van der Waals surface area contributed by atoms with Crippen LogP contribution in [0, 0.1) is 0 Å². The van der Waals surface area contributed by atoms with Gasteiger partial charge in [0.05, 0.1) is 18.4 Å². The van der Waals surface area contributed by atoms with E-state index in [0.717, 1.165) is 17.8 Å². The Kier molecular flexibility index (Phi) is 5.66. The van der Waals surface area contributed by atoms with Crippen molar-refractivity contribution >= 4 is 23.2 Å². The van der Waals surface area contributed by atoms with Crippen LogP contribution >= 0.6 is 0 Å². The first-order valence-corrected chi connectivity index (χ1v) is 10.2. The minimum Gasteiger partial charge on any atom is -0.467 e. The van der Waals surface area contributed by atoms with Gasteiger partial charge < -0.3 is 14.2 Å². The summed E-state index contributed by atoms with van der Waals surface area (Å²) in [6.45, 7) is 2.64. The first kappa shape index (κ1) is 20.5. The van der Waals surface area contributed by atoms with Gasteiger partial charge in [-0.05, 0) is 49.2 Å². The predicted octanol–water partition coefficient (Wildman–Crippen LogP) is 3.37. The Morgan fingerprint density at radius 2 is 1.84 bits per heavy atom. The van der Waals surface area contributed by atoms with Crippen LogP contribution in [0.1, 0.15) is 39.0 Å². The van der Waals surface area contributed by atoms with Crippen LogP contribution in [0.15, 0.2) is 65.3 Å². The molecular weight excluding hydrogens is 392 g/mol. The maximum Gasteiger partial charge on any atom is 0.273 e. The molecule has 7 heteroatoms. The van der Waals surface area contributed by atoms with Gasteiger partial charge in [-0.2, -0.15) is 0 Å². The van der Waals surface area contributed by atoms with E-state index in [1.807, 2.05) is 37.2 Å². The molecule has 0 fully saturated rings. The van der Waals surface area contributed by atoms with Crippen molar-refractivity contribution in [3.8, 4) is 0 Å². The van der Waals surface area contributed by atoms with Gasteiger partial charge in [0.1, 0.15) is 5.76 Å². The number of hydrazine groups is 1. The Morgan fingerprint density at radius 1 is 1.06 bits per heavy atom. The number of carbonyl (C=O) groups is 2. The number of carbonyl (C=O) groups excluding carboxylic acids is 2. The van der Waals surface area contributed by atoms with E-state index in [9.17, 15) is 9.59 Å². The van der Waals surface area contributed by atoms with Crippen LogP contribution in [0.4, 0.5) is 11.4 Å². The van der Waals surface area contributed by atoms with Gasteiger partial charge in [-0.15, -0.1) is 0 Å². The average molecular weight is 418 g/mol. The number of rotatable bonds is 5. The summed E-state index contributed by atoms with van der Waals surface area (Å²) in [5.41, 5.74) is 9.19. The van der Waals surface area contributed by atoms with Gasteiger partial charge in [-0.25, -0.2) is 0 Å². The maximum atomic E-state index is 12.7. The molecule has 0 bridgehead atoms. The first-order valence-electron chi connectivity index (χ1n) is 10.2. The summed E-state index contributed by atoms with van der Waals surface area (Å²) in [6.07, 6.45) is 2.46. The third-order valence-corrected chi connectivity index (χ3v) is 5.57. The quantitative estimate of drug-likeness (QED) is 0.621. The molecule has 1 aliphatic heterocycles. The Labute approximate surface area is 181 Å². The monoisotopic (exact) mass is 418 g/mol. The molecule has 2 N–H and O–H groups in total. The molecule has 1 unspecified atom stereocenters. The van der Waals surface area contributed by atoms with Crippen molar-refractivity contribution in [1.82, 2.24) is 10.9 Å². The number of nitrogens with one attached hydrogen (secondary N) is 2. The summed E-state index contributed by atoms with van der Waals surface area (Å²) in [5, 5.41) is 0. The Hall–Kier alpha value is -3.74. The van der Waals surface area contributed by atoms with E-state index in [1.54, 1.807) is 24.3 Å². The van der Waals surface area contributed by atoms with E-state index in [1.165, 1.54) is 11.8 Å². The number of para-hydroxylation sites is 1. The second-order valence-corrected chi connectivity index (χ2v) is 7.92. The lowest BCUT2D eigenvalue weighted by atomic mass is 10.1. The Bertz CT molecular complexity index is 1110. The molecule has 31 heavy (non-hydrogen) atoms. The normalized spacial score (nSPS) is 14.8. The fourth-order valence-electron chi connectivity index (χ4n) is 3.87. The number of fused-ring (bicyclic) bond motifs is 1. The van der Waals surface area contributed by atoms with Gasteiger partial charge in [0.15, 0.2) is 0 Å². The van der Waals surface area contributed by atoms with E-state index in [2.05, 4.69) is 34.8 Å². The van der Waals surface area contributed by atoms with Gasteiger partial charge in [0.2, 0.25) is 0 Å². The molecule has 7 nitrogen and oxygen atoms in total. The number of benzene rings is 2. The second kappa shape index (κ2) is 8.55. The van der Waals surface area contributed by atoms with Crippen molar-refractivity contribution in [2.75, 3.05) is 23.9 Å². The summed E-state index contributed by atoms with van der Waals surface area (Å²) < 4.78 is 5.62. The largest absolute Gasteiger partial charge is 0.467 e. The van der Waals surface area contributed by atoms with Crippen molar-refractivity contribution in [2.45, 2.75) is 25.9 Å². The fourth-order valence-corrected chi connectivity index (χ4v) is 3.87. The van der Waals surface area contributed by atoms with Gasteiger partial charge in [-0.1, -0.05) is 24.3 Å². The van der Waals surface area contributed by atoms with Crippen LogP contribution in [-0.2, 0) is 13.0 Å². The molecule has 0 radical (unpaired) electrons. The van der Waals surface area contributed by atoms with Crippen LogP contribution < -0.4 is 20.7 Å². The van der Waals surface area contributed by atoms with E-state index < -0.39 is 5.91 Å². The zero-order valence-electron chi connectivity index (χ0n) is 17.9. The van der Waals surface area contributed by atoms with E-state index in [4.69, 9.17) is 4.42 Å². The van der Waals surface area contributed by atoms with E-state index in [-0.39, 0.29) is 5.91 Å². The van der Waals surface area contributed by atoms with Crippen LogP contribution in [0.25, 0.3) is 0 Å². The highest BCUT2D eigenvalue weighted by molar-refractivity contribution is 6.00. The molecule has 4 rings (SSSR count). The number of hydrogen-bond acceptors (Lipinski definition) is 5. The molecule has 2 amide bonds. The minimum atomic E-state index is -0.416. The topological polar surface area (TPSA) is 77.8 Å².